The third-order valence-electron chi connectivity index (χ3n) is 4.62. The Labute approximate surface area is 164 Å². The van der Waals surface area contributed by atoms with Gasteiger partial charge in [0.05, 0.1) is 13.2 Å². The molecule has 1 heterocycles. The van der Waals surface area contributed by atoms with Crippen molar-refractivity contribution in [2.75, 3.05) is 13.2 Å². The Bertz CT molecular complexity index is 821. The maximum Gasteiger partial charge on any atom is 0.411 e. The number of rotatable bonds is 8. The van der Waals surface area contributed by atoms with E-state index in [9.17, 15) is 14.4 Å². The van der Waals surface area contributed by atoms with Gasteiger partial charge in [-0.15, -0.1) is 0 Å². The topological polar surface area (TPSA) is 72.9 Å². The van der Waals surface area contributed by atoms with Gasteiger partial charge in [-0.3, -0.25) is 9.69 Å². The van der Waals surface area contributed by atoms with Crippen LogP contribution in [0.3, 0.4) is 0 Å². The van der Waals surface area contributed by atoms with Crippen LogP contribution in [0.5, 0.6) is 0 Å². The quantitative estimate of drug-likeness (QED) is 0.518. The van der Waals surface area contributed by atoms with E-state index in [0.29, 0.717) is 12.0 Å². The molecule has 0 radical (unpaired) electrons. The van der Waals surface area contributed by atoms with E-state index in [2.05, 4.69) is 0 Å². The van der Waals surface area contributed by atoms with Gasteiger partial charge in [0.25, 0.3) is 0 Å². The minimum Gasteiger partial charge on any atom is -0.464 e. The first kappa shape index (κ1) is 19.6. The summed E-state index contributed by atoms with van der Waals surface area (Å²) in [5.41, 5.74) is 1.53. The summed E-state index contributed by atoms with van der Waals surface area (Å²) >= 11 is 0. The summed E-state index contributed by atoms with van der Waals surface area (Å²) in [7, 11) is 0. The van der Waals surface area contributed by atoms with Crippen molar-refractivity contribution in [1.29, 1.82) is 0 Å². The van der Waals surface area contributed by atoms with Crippen molar-refractivity contribution in [3.8, 4) is 0 Å². The van der Waals surface area contributed by atoms with Crippen molar-refractivity contribution >= 4 is 17.8 Å². The first-order valence-corrected chi connectivity index (χ1v) is 9.34. The smallest absolute Gasteiger partial charge is 0.411 e. The zero-order valence-electron chi connectivity index (χ0n) is 15.7. The number of Topliss-reactive ketones (excluding diaryl/α,β-unsaturated/α-hetero) is 1. The highest BCUT2D eigenvalue weighted by molar-refractivity contribution is 5.99. The van der Waals surface area contributed by atoms with Gasteiger partial charge >= 0.3 is 12.1 Å². The minimum absolute atomic E-state index is 0.143. The first-order chi connectivity index (χ1) is 13.6. The SMILES string of the molecule is CCOC(=O)[C@@H](CC(=O)c1ccccc1)N1C[C@H](Cc2ccccc2)OC1=O. The molecule has 0 unspecified atom stereocenters. The summed E-state index contributed by atoms with van der Waals surface area (Å²) in [5, 5.41) is 0. The number of carbonyl (C=O) groups excluding carboxylic acids is 3. The van der Waals surface area contributed by atoms with Crippen molar-refractivity contribution in [3.05, 3.63) is 71.8 Å². The molecule has 0 aromatic heterocycles. The first-order valence-electron chi connectivity index (χ1n) is 9.34. The van der Waals surface area contributed by atoms with Crippen molar-refractivity contribution < 1.29 is 23.9 Å². The fourth-order valence-corrected chi connectivity index (χ4v) is 3.26. The minimum atomic E-state index is -0.999. The number of hydrogen-bond donors (Lipinski definition) is 0. The van der Waals surface area contributed by atoms with E-state index >= 15 is 0 Å². The van der Waals surface area contributed by atoms with Crippen LogP contribution in [0.2, 0.25) is 0 Å². The number of carbonyl (C=O) groups is 3. The Hall–Kier alpha value is -3.15. The second-order valence-corrected chi connectivity index (χ2v) is 6.61. The van der Waals surface area contributed by atoms with E-state index in [1.165, 1.54) is 4.90 Å². The Morgan fingerprint density at radius 2 is 1.75 bits per heavy atom. The second-order valence-electron chi connectivity index (χ2n) is 6.61. The molecule has 3 rings (SSSR count). The molecule has 0 spiro atoms. The molecule has 1 amide bonds. The third-order valence-corrected chi connectivity index (χ3v) is 4.62. The van der Waals surface area contributed by atoms with Gasteiger partial charge in [0, 0.05) is 18.4 Å². The van der Waals surface area contributed by atoms with E-state index < -0.39 is 18.1 Å². The molecule has 146 valence electrons. The number of nitrogens with zero attached hydrogens (tertiary/aromatic N) is 1. The molecule has 2 atom stereocenters. The van der Waals surface area contributed by atoms with Gasteiger partial charge in [-0.25, -0.2) is 9.59 Å². The Morgan fingerprint density at radius 1 is 1.11 bits per heavy atom. The van der Waals surface area contributed by atoms with Crippen LogP contribution in [0, 0.1) is 0 Å². The number of ketones is 1. The van der Waals surface area contributed by atoms with E-state index in [-0.39, 0.29) is 31.5 Å². The summed E-state index contributed by atoms with van der Waals surface area (Å²) in [6.07, 6.45) is -0.570. The van der Waals surface area contributed by atoms with Gasteiger partial charge in [0.1, 0.15) is 12.1 Å². The van der Waals surface area contributed by atoms with Crippen molar-refractivity contribution in [2.24, 2.45) is 0 Å². The van der Waals surface area contributed by atoms with E-state index in [1.807, 2.05) is 36.4 Å². The van der Waals surface area contributed by atoms with Crippen LogP contribution < -0.4 is 0 Å². The zero-order valence-corrected chi connectivity index (χ0v) is 15.7. The number of hydrogen-bond acceptors (Lipinski definition) is 5. The molecular weight excluding hydrogens is 358 g/mol. The lowest BCUT2D eigenvalue weighted by Crippen LogP contribution is -2.44. The molecule has 1 aliphatic heterocycles. The molecule has 1 saturated heterocycles. The predicted molar refractivity (Wildman–Crippen MR) is 103 cm³/mol. The molecule has 2 aromatic rings. The average Bonchev–Trinajstić information content (AvgIpc) is 3.07. The molecule has 1 fully saturated rings. The van der Waals surface area contributed by atoms with Crippen molar-refractivity contribution in [3.63, 3.8) is 0 Å². The lowest BCUT2D eigenvalue weighted by Gasteiger charge is -2.23. The highest BCUT2D eigenvalue weighted by Gasteiger charge is 2.41. The molecule has 2 aromatic carbocycles. The van der Waals surface area contributed by atoms with Gasteiger partial charge in [-0.05, 0) is 12.5 Å². The van der Waals surface area contributed by atoms with Crippen LogP contribution in [0.4, 0.5) is 4.79 Å². The molecule has 0 N–H and O–H groups in total. The highest BCUT2D eigenvalue weighted by atomic mass is 16.6. The van der Waals surface area contributed by atoms with Crippen LogP contribution in [-0.4, -0.2) is 48.0 Å². The zero-order chi connectivity index (χ0) is 19.9. The Balaban J connectivity index is 1.73. The van der Waals surface area contributed by atoms with Crippen LogP contribution in [0.1, 0.15) is 29.3 Å². The number of benzene rings is 2. The molecule has 1 aliphatic rings. The molecule has 28 heavy (non-hydrogen) atoms. The fourth-order valence-electron chi connectivity index (χ4n) is 3.26. The Morgan fingerprint density at radius 3 is 2.39 bits per heavy atom. The summed E-state index contributed by atoms with van der Waals surface area (Å²) in [5.74, 6) is -0.818. The lowest BCUT2D eigenvalue weighted by molar-refractivity contribution is -0.148. The van der Waals surface area contributed by atoms with Gasteiger partial charge < -0.3 is 9.47 Å². The number of amides is 1. The molecule has 0 saturated carbocycles. The van der Waals surface area contributed by atoms with Crippen LogP contribution in [0.25, 0.3) is 0 Å². The summed E-state index contributed by atoms with van der Waals surface area (Å²) < 4.78 is 10.6. The average molecular weight is 381 g/mol. The molecule has 6 nitrogen and oxygen atoms in total. The molecular formula is C22H23NO5. The maximum atomic E-state index is 12.6. The number of cyclic esters (lactones) is 1. The summed E-state index contributed by atoms with van der Waals surface area (Å²) in [6.45, 7) is 2.10. The lowest BCUT2D eigenvalue weighted by atomic mass is 10.0. The summed E-state index contributed by atoms with van der Waals surface area (Å²) in [4.78, 5) is 38.8. The van der Waals surface area contributed by atoms with Crippen LogP contribution in [0.15, 0.2) is 60.7 Å². The number of ether oxygens (including phenoxy) is 2. The third kappa shape index (κ3) is 4.76. The van der Waals surface area contributed by atoms with E-state index in [0.717, 1.165) is 5.56 Å². The second kappa shape index (κ2) is 9.17. The highest BCUT2D eigenvalue weighted by Crippen LogP contribution is 2.22. The monoisotopic (exact) mass is 381 g/mol. The largest absolute Gasteiger partial charge is 0.464 e. The van der Waals surface area contributed by atoms with Gasteiger partial charge in [0.2, 0.25) is 0 Å². The van der Waals surface area contributed by atoms with Gasteiger partial charge in [-0.2, -0.15) is 0 Å². The van der Waals surface area contributed by atoms with Gasteiger partial charge in [-0.1, -0.05) is 60.7 Å². The normalized spacial score (nSPS) is 17.1. The fraction of sp³-hybridized carbons (Fsp3) is 0.318. The summed E-state index contributed by atoms with van der Waals surface area (Å²) in [6, 6.07) is 17.4. The van der Waals surface area contributed by atoms with Crippen molar-refractivity contribution in [1.82, 2.24) is 4.90 Å². The predicted octanol–water partition coefficient (Wildman–Crippen LogP) is 3.25. The molecule has 0 aliphatic carbocycles. The van der Waals surface area contributed by atoms with Crippen molar-refractivity contribution in [2.45, 2.75) is 31.9 Å². The number of esters is 1. The molecule has 6 heteroatoms. The maximum absolute atomic E-state index is 12.6. The van der Waals surface area contributed by atoms with Crippen LogP contribution >= 0.6 is 0 Å². The van der Waals surface area contributed by atoms with E-state index in [1.54, 1.807) is 31.2 Å². The Kier molecular flexibility index (Phi) is 6.42. The standard InChI is InChI=1S/C22H23NO5/c1-2-27-21(25)19(14-20(24)17-11-7-4-8-12-17)23-15-18(28-22(23)26)13-16-9-5-3-6-10-16/h3-12,18-19H,2,13-15H2,1H3/t18-,19+/m0/s1. The molecule has 0 bridgehead atoms. The van der Waals surface area contributed by atoms with Crippen LogP contribution in [-0.2, 0) is 20.7 Å². The van der Waals surface area contributed by atoms with Gasteiger partial charge in [0.15, 0.2) is 5.78 Å². The van der Waals surface area contributed by atoms with E-state index in [4.69, 9.17) is 9.47 Å².